The smallest absolute Gasteiger partial charge is 0.0850 e. The van der Waals surface area contributed by atoms with Gasteiger partial charge in [-0.3, -0.25) is 11.3 Å². The van der Waals surface area contributed by atoms with Gasteiger partial charge in [0.1, 0.15) is 0 Å². The summed E-state index contributed by atoms with van der Waals surface area (Å²) < 4.78 is 6.16. The molecule has 2 aliphatic carbocycles. The van der Waals surface area contributed by atoms with Gasteiger partial charge in [-0.1, -0.05) is 25.7 Å². The van der Waals surface area contributed by atoms with Crippen molar-refractivity contribution in [3.63, 3.8) is 0 Å². The van der Waals surface area contributed by atoms with Crippen molar-refractivity contribution in [1.29, 1.82) is 0 Å². The van der Waals surface area contributed by atoms with Gasteiger partial charge in [-0.15, -0.1) is 0 Å². The third-order valence-corrected chi connectivity index (χ3v) is 4.22. The number of nitrogens with one attached hydrogen (secondary N) is 1. The highest BCUT2D eigenvalue weighted by Crippen LogP contribution is 2.43. The molecule has 0 amide bonds. The second-order valence-electron chi connectivity index (χ2n) is 5.39. The van der Waals surface area contributed by atoms with Crippen molar-refractivity contribution < 1.29 is 4.74 Å². The predicted octanol–water partition coefficient (Wildman–Crippen LogP) is 2.36. The molecule has 3 nitrogen and oxygen atoms in total. The Morgan fingerprint density at radius 1 is 1.25 bits per heavy atom. The van der Waals surface area contributed by atoms with E-state index in [1.165, 1.54) is 51.4 Å². The van der Waals surface area contributed by atoms with E-state index in [-0.39, 0.29) is 5.60 Å². The van der Waals surface area contributed by atoms with E-state index < -0.39 is 0 Å². The van der Waals surface area contributed by atoms with E-state index in [0.717, 1.165) is 12.5 Å². The van der Waals surface area contributed by atoms with Gasteiger partial charge in [0, 0.05) is 6.61 Å². The fourth-order valence-electron chi connectivity index (χ4n) is 3.31. The van der Waals surface area contributed by atoms with Crippen LogP contribution in [-0.2, 0) is 4.74 Å². The molecule has 0 radical (unpaired) electrons. The monoisotopic (exact) mass is 226 g/mol. The van der Waals surface area contributed by atoms with E-state index >= 15 is 0 Å². The molecule has 2 fully saturated rings. The first-order valence-electron chi connectivity index (χ1n) is 6.92. The van der Waals surface area contributed by atoms with Gasteiger partial charge in [0.05, 0.1) is 11.6 Å². The van der Waals surface area contributed by atoms with Crippen molar-refractivity contribution in [3.05, 3.63) is 0 Å². The Labute approximate surface area is 99.1 Å². The molecule has 2 rings (SSSR count). The maximum atomic E-state index is 6.16. The number of hydrazine groups is 1. The zero-order valence-electron chi connectivity index (χ0n) is 10.5. The summed E-state index contributed by atoms with van der Waals surface area (Å²) in [6.07, 6.45) is 10.3. The van der Waals surface area contributed by atoms with Crippen LogP contribution in [0.5, 0.6) is 0 Å². The lowest BCUT2D eigenvalue weighted by atomic mass is 9.83. The van der Waals surface area contributed by atoms with E-state index in [9.17, 15) is 0 Å². The first-order valence-corrected chi connectivity index (χ1v) is 6.92. The lowest BCUT2D eigenvalue weighted by Crippen LogP contribution is -2.56. The normalized spacial score (nSPS) is 27.4. The van der Waals surface area contributed by atoms with Crippen LogP contribution in [0.2, 0.25) is 0 Å². The van der Waals surface area contributed by atoms with Gasteiger partial charge in [-0.2, -0.15) is 0 Å². The molecular weight excluding hydrogens is 200 g/mol. The van der Waals surface area contributed by atoms with Crippen molar-refractivity contribution >= 4 is 0 Å². The molecule has 0 aromatic rings. The molecule has 0 heterocycles. The summed E-state index contributed by atoms with van der Waals surface area (Å²) in [5.74, 6) is 6.54. The fourth-order valence-corrected chi connectivity index (χ4v) is 3.31. The Balaban J connectivity index is 2.09. The Hall–Kier alpha value is -0.120. The van der Waals surface area contributed by atoms with Crippen LogP contribution in [0.25, 0.3) is 0 Å². The van der Waals surface area contributed by atoms with Crippen LogP contribution in [0, 0.1) is 5.92 Å². The summed E-state index contributed by atoms with van der Waals surface area (Å²) in [4.78, 5) is 0. The van der Waals surface area contributed by atoms with Crippen molar-refractivity contribution in [2.45, 2.75) is 69.9 Å². The predicted molar refractivity (Wildman–Crippen MR) is 65.9 cm³/mol. The second-order valence-corrected chi connectivity index (χ2v) is 5.39. The largest absolute Gasteiger partial charge is 0.374 e. The molecule has 0 aromatic carbocycles. The Morgan fingerprint density at radius 3 is 2.31 bits per heavy atom. The molecule has 0 bridgehead atoms. The minimum atomic E-state index is 0.0289. The average Bonchev–Trinajstić information content (AvgIpc) is 3.08. The molecule has 16 heavy (non-hydrogen) atoms. The molecule has 0 aliphatic heterocycles. The maximum Gasteiger partial charge on any atom is 0.0850 e. The molecule has 0 spiro atoms. The fraction of sp³-hybridized carbons (Fsp3) is 1.00. The maximum absolute atomic E-state index is 6.16. The number of hydrogen-bond acceptors (Lipinski definition) is 3. The molecule has 2 saturated carbocycles. The molecule has 0 aromatic heterocycles. The molecule has 1 atom stereocenters. The summed E-state index contributed by atoms with van der Waals surface area (Å²) in [6, 6.07) is 0.380. The van der Waals surface area contributed by atoms with E-state index in [2.05, 4.69) is 12.3 Å². The summed E-state index contributed by atoms with van der Waals surface area (Å²) >= 11 is 0. The van der Waals surface area contributed by atoms with Crippen LogP contribution in [0.15, 0.2) is 0 Å². The molecule has 3 heteroatoms. The van der Waals surface area contributed by atoms with Crippen molar-refractivity contribution in [3.8, 4) is 0 Å². The van der Waals surface area contributed by atoms with Crippen LogP contribution in [0.3, 0.4) is 0 Å². The second kappa shape index (κ2) is 5.48. The zero-order chi connectivity index (χ0) is 11.4. The summed E-state index contributed by atoms with van der Waals surface area (Å²) in [5.41, 5.74) is 3.09. The van der Waals surface area contributed by atoms with E-state index in [1.54, 1.807) is 0 Å². The van der Waals surface area contributed by atoms with Gasteiger partial charge in [-0.25, -0.2) is 0 Å². The molecule has 1 unspecified atom stereocenters. The minimum Gasteiger partial charge on any atom is -0.374 e. The van der Waals surface area contributed by atoms with Gasteiger partial charge < -0.3 is 4.74 Å². The van der Waals surface area contributed by atoms with Crippen LogP contribution < -0.4 is 11.3 Å². The average molecular weight is 226 g/mol. The van der Waals surface area contributed by atoms with Crippen LogP contribution in [0.1, 0.15) is 58.3 Å². The SMILES string of the molecule is CCOC1(C(NN)C2CC2)CCCCCC1. The summed E-state index contributed by atoms with van der Waals surface area (Å²) in [7, 11) is 0. The van der Waals surface area contributed by atoms with Gasteiger partial charge in [-0.05, 0) is 38.5 Å². The van der Waals surface area contributed by atoms with Crippen LogP contribution in [-0.4, -0.2) is 18.2 Å². The first kappa shape index (κ1) is 12.3. The third kappa shape index (κ3) is 2.58. The Morgan fingerprint density at radius 2 is 1.88 bits per heavy atom. The number of hydrogen-bond donors (Lipinski definition) is 2. The number of ether oxygens (including phenoxy) is 1. The van der Waals surface area contributed by atoms with Gasteiger partial charge in [0.2, 0.25) is 0 Å². The Kier molecular flexibility index (Phi) is 4.22. The van der Waals surface area contributed by atoms with Crippen LogP contribution in [0.4, 0.5) is 0 Å². The summed E-state index contributed by atoms with van der Waals surface area (Å²) in [5, 5.41) is 0. The molecule has 2 aliphatic rings. The first-order chi connectivity index (χ1) is 7.82. The molecule has 94 valence electrons. The van der Waals surface area contributed by atoms with Gasteiger partial charge in [0.25, 0.3) is 0 Å². The quantitative estimate of drug-likeness (QED) is 0.430. The highest BCUT2D eigenvalue weighted by Gasteiger charge is 2.46. The highest BCUT2D eigenvalue weighted by molar-refractivity contribution is 5.01. The molecular formula is C13H26N2O. The zero-order valence-corrected chi connectivity index (χ0v) is 10.5. The van der Waals surface area contributed by atoms with E-state index in [4.69, 9.17) is 10.6 Å². The van der Waals surface area contributed by atoms with E-state index in [0.29, 0.717) is 6.04 Å². The topological polar surface area (TPSA) is 47.3 Å². The molecule has 3 N–H and O–H groups in total. The minimum absolute atomic E-state index is 0.0289. The van der Waals surface area contributed by atoms with Gasteiger partial charge in [0.15, 0.2) is 0 Å². The lowest BCUT2D eigenvalue weighted by Gasteiger charge is -2.40. The van der Waals surface area contributed by atoms with E-state index in [1.807, 2.05) is 0 Å². The van der Waals surface area contributed by atoms with Crippen molar-refractivity contribution in [1.82, 2.24) is 5.43 Å². The van der Waals surface area contributed by atoms with Crippen LogP contribution >= 0.6 is 0 Å². The lowest BCUT2D eigenvalue weighted by molar-refractivity contribution is -0.0819. The highest BCUT2D eigenvalue weighted by atomic mass is 16.5. The summed E-state index contributed by atoms with van der Waals surface area (Å²) in [6.45, 7) is 2.91. The Bertz CT molecular complexity index is 208. The molecule has 0 saturated heterocycles. The number of rotatable bonds is 5. The number of nitrogens with two attached hydrogens (primary N) is 1. The third-order valence-electron chi connectivity index (χ3n) is 4.22. The van der Waals surface area contributed by atoms with Crippen molar-refractivity contribution in [2.75, 3.05) is 6.61 Å². The van der Waals surface area contributed by atoms with Gasteiger partial charge >= 0.3 is 0 Å². The standard InChI is InChI=1S/C13H26N2O/c1-2-16-13(9-5-3-4-6-10-13)12(15-14)11-7-8-11/h11-12,15H,2-10,14H2,1H3. The van der Waals surface area contributed by atoms with Crippen molar-refractivity contribution in [2.24, 2.45) is 11.8 Å².